The summed E-state index contributed by atoms with van der Waals surface area (Å²) in [6, 6.07) is 11.1. The van der Waals surface area contributed by atoms with Crippen molar-refractivity contribution in [2.75, 3.05) is 44.6 Å². The van der Waals surface area contributed by atoms with Gasteiger partial charge in [-0.05, 0) is 36.4 Å². The molecule has 1 aliphatic rings. The first kappa shape index (κ1) is 25.1. The fourth-order valence-electron chi connectivity index (χ4n) is 3.17. The lowest BCUT2D eigenvalue weighted by Gasteiger charge is -2.25. The highest BCUT2D eigenvalue weighted by atomic mass is 32.2. The van der Waals surface area contributed by atoms with E-state index >= 15 is 0 Å². The van der Waals surface area contributed by atoms with Crippen LogP contribution in [0.15, 0.2) is 46.3 Å². The standard InChI is InChI=1S/C22H29N3O7S/c1-24(2)12-5-7-14-17(9-12)33(18-10-13(25(3)4)6-8-15(18)23-14)32-22(31)21(30)20(29)19(28)16(27)11-26/h5-10,16,19-21,26-30H,11H2,1-4H3/t16-,19-,20-,21+/m0/s1. The van der Waals surface area contributed by atoms with Crippen molar-refractivity contribution in [1.29, 1.82) is 0 Å². The number of rotatable bonds is 8. The van der Waals surface area contributed by atoms with Gasteiger partial charge in [-0.1, -0.05) is 0 Å². The molecule has 1 unspecified atom stereocenters. The molecule has 180 valence electrons. The Morgan fingerprint density at radius 1 is 0.970 bits per heavy atom. The van der Waals surface area contributed by atoms with Crippen LogP contribution in [0.1, 0.15) is 0 Å². The Morgan fingerprint density at radius 2 is 1.58 bits per heavy atom. The highest BCUT2D eigenvalue weighted by Crippen LogP contribution is 2.42. The van der Waals surface area contributed by atoms with E-state index in [1.165, 1.54) is 0 Å². The Kier molecular flexibility index (Phi) is 7.73. The molecule has 2 aromatic carbocycles. The maximum Gasteiger partial charge on any atom is 0.349 e. The summed E-state index contributed by atoms with van der Waals surface area (Å²) in [5, 5.41) is 49.4. The third-order valence-corrected chi connectivity index (χ3v) is 7.01. The average Bonchev–Trinajstić information content (AvgIpc) is 2.80. The largest absolute Gasteiger partial charge is 0.394 e. The van der Waals surface area contributed by atoms with Crippen LogP contribution in [-0.2, 0) is 8.98 Å². The van der Waals surface area contributed by atoms with E-state index in [2.05, 4.69) is 4.99 Å². The molecule has 0 radical (unpaired) electrons. The number of anilines is 2. The van der Waals surface area contributed by atoms with E-state index in [9.17, 15) is 25.2 Å². The molecular formula is C22H29N3O7S. The summed E-state index contributed by atoms with van der Waals surface area (Å²) >= 11 is 0. The van der Waals surface area contributed by atoms with Gasteiger partial charge in [0.15, 0.2) is 6.10 Å². The third kappa shape index (κ3) is 5.18. The predicted octanol–water partition coefficient (Wildman–Crippen LogP) is -0.444. The smallest absolute Gasteiger partial charge is 0.349 e. The van der Waals surface area contributed by atoms with E-state index < -0.39 is 47.8 Å². The molecule has 3 rings (SSSR count). The third-order valence-electron chi connectivity index (χ3n) is 5.22. The van der Waals surface area contributed by atoms with Crippen LogP contribution in [0.25, 0.3) is 0 Å². The summed E-state index contributed by atoms with van der Waals surface area (Å²) in [5.41, 5.74) is 2.31. The molecule has 0 saturated carbocycles. The van der Waals surface area contributed by atoms with Gasteiger partial charge >= 0.3 is 5.97 Å². The summed E-state index contributed by atoms with van der Waals surface area (Å²) in [4.78, 5) is 21.9. The van der Waals surface area contributed by atoms with Crippen molar-refractivity contribution in [2.24, 2.45) is 4.99 Å². The van der Waals surface area contributed by atoms with Crippen molar-refractivity contribution >= 4 is 33.8 Å². The molecule has 5 atom stereocenters. The highest BCUT2D eigenvalue weighted by molar-refractivity contribution is 8.05. The maximum absolute atomic E-state index is 12.8. The second-order valence-corrected chi connectivity index (χ2v) is 9.64. The minimum atomic E-state index is -2.14. The molecule has 33 heavy (non-hydrogen) atoms. The monoisotopic (exact) mass is 479 g/mol. The number of fused-ring (bicyclic) bond motifs is 2. The molecule has 0 fully saturated rings. The van der Waals surface area contributed by atoms with Crippen LogP contribution in [0.2, 0.25) is 0 Å². The molecule has 1 heterocycles. The SMILES string of the molecule is CN(C)c1ccc2c(c1)S(OC(=O)[C@H](O)[C@@H](O)[C@@H](O)[C@@H](O)CO)=c1cc(N(C)C)ccc1=N2. The summed E-state index contributed by atoms with van der Waals surface area (Å²) in [7, 11) is 6.19. The minimum absolute atomic E-state index is 0.604. The van der Waals surface area contributed by atoms with Gasteiger partial charge in [0, 0.05) is 50.3 Å². The van der Waals surface area contributed by atoms with Crippen molar-refractivity contribution in [3.05, 3.63) is 46.3 Å². The highest BCUT2D eigenvalue weighted by Gasteiger charge is 2.36. The average molecular weight is 480 g/mol. The zero-order chi connectivity index (χ0) is 24.4. The Bertz CT molecular complexity index is 1160. The Labute approximate surface area is 193 Å². The second kappa shape index (κ2) is 10.2. The van der Waals surface area contributed by atoms with E-state index in [0.717, 1.165) is 11.4 Å². The molecule has 0 amide bonds. The number of hydrogen-bond donors (Lipinski definition) is 5. The van der Waals surface area contributed by atoms with Gasteiger partial charge in [-0.25, -0.2) is 9.79 Å². The Balaban J connectivity index is 2.10. The topological polar surface area (TPSA) is 146 Å². The van der Waals surface area contributed by atoms with Crippen molar-refractivity contribution in [2.45, 2.75) is 29.3 Å². The van der Waals surface area contributed by atoms with Crippen molar-refractivity contribution in [3.63, 3.8) is 0 Å². The van der Waals surface area contributed by atoms with Crippen LogP contribution in [0, 0.1) is 4.51 Å². The van der Waals surface area contributed by atoms with E-state index in [4.69, 9.17) is 9.29 Å². The zero-order valence-corrected chi connectivity index (χ0v) is 19.6. The second-order valence-electron chi connectivity index (χ2n) is 8.05. The van der Waals surface area contributed by atoms with Gasteiger partial charge in [-0.2, -0.15) is 0 Å². The number of aliphatic hydroxyl groups excluding tert-OH is 5. The number of hydrogen-bond acceptors (Lipinski definition) is 10. The number of carbonyl (C=O) groups is 1. The van der Waals surface area contributed by atoms with E-state index in [0.29, 0.717) is 20.5 Å². The van der Waals surface area contributed by atoms with Gasteiger partial charge in [-0.15, -0.1) is 0 Å². The number of aliphatic hydroxyl groups is 5. The van der Waals surface area contributed by atoms with E-state index in [-0.39, 0.29) is 0 Å². The number of benzene rings is 2. The van der Waals surface area contributed by atoms with E-state index in [1.54, 1.807) is 0 Å². The van der Waals surface area contributed by atoms with Crippen LogP contribution in [0.3, 0.4) is 0 Å². The van der Waals surface area contributed by atoms with Gasteiger partial charge in [0.05, 0.1) is 27.1 Å². The number of carbonyl (C=O) groups excluding carboxylic acids is 1. The quantitative estimate of drug-likeness (QED) is 0.318. The Hall–Kier alpha value is -2.54. The first-order valence-electron chi connectivity index (χ1n) is 10.2. The van der Waals surface area contributed by atoms with Gasteiger partial charge < -0.3 is 39.5 Å². The van der Waals surface area contributed by atoms with Gasteiger partial charge in [0.1, 0.15) is 18.3 Å². The van der Waals surface area contributed by atoms with Crippen LogP contribution in [0.5, 0.6) is 0 Å². The summed E-state index contributed by atoms with van der Waals surface area (Å²) in [6.07, 6.45) is -7.88. The molecule has 5 N–H and O–H groups in total. The van der Waals surface area contributed by atoms with Gasteiger partial charge in [0.2, 0.25) is 0 Å². The molecule has 0 aromatic heterocycles. The molecule has 11 heteroatoms. The fourth-order valence-corrected chi connectivity index (χ4v) is 4.92. The molecule has 0 saturated heterocycles. The molecule has 0 aliphatic carbocycles. The molecule has 10 nitrogen and oxygen atoms in total. The zero-order valence-electron chi connectivity index (χ0n) is 18.8. The first-order valence-corrected chi connectivity index (χ1v) is 11.3. The summed E-state index contributed by atoms with van der Waals surface area (Å²) in [5.74, 6) is -1.18. The molecule has 2 aromatic rings. The lowest BCUT2D eigenvalue weighted by atomic mass is 10.0. The summed E-state index contributed by atoms with van der Waals surface area (Å²) < 4.78 is 6.31. The lowest BCUT2D eigenvalue weighted by molar-refractivity contribution is -0.160. The summed E-state index contributed by atoms with van der Waals surface area (Å²) in [6.45, 7) is -0.854. The Morgan fingerprint density at radius 3 is 2.18 bits per heavy atom. The van der Waals surface area contributed by atoms with Crippen LogP contribution >= 0.6 is 10.8 Å². The van der Waals surface area contributed by atoms with Gasteiger partial charge in [-0.3, -0.25) is 0 Å². The van der Waals surface area contributed by atoms with Crippen LogP contribution < -0.4 is 15.2 Å². The minimum Gasteiger partial charge on any atom is -0.394 e. The predicted molar refractivity (Wildman–Crippen MR) is 124 cm³/mol. The van der Waals surface area contributed by atoms with E-state index in [1.807, 2.05) is 74.4 Å². The first-order chi connectivity index (χ1) is 15.5. The molecule has 0 bridgehead atoms. The lowest BCUT2D eigenvalue weighted by Crippen LogP contribution is -2.48. The normalized spacial score (nSPS) is 18.2. The molecular weight excluding hydrogens is 450 g/mol. The van der Waals surface area contributed by atoms with Crippen molar-refractivity contribution in [1.82, 2.24) is 0 Å². The van der Waals surface area contributed by atoms with Crippen molar-refractivity contribution in [3.8, 4) is 0 Å². The fraction of sp³-hybridized carbons (Fsp3) is 0.409. The molecule has 0 spiro atoms. The maximum atomic E-state index is 12.8. The molecule has 1 aliphatic heterocycles. The number of nitrogens with zero attached hydrogens (tertiary/aromatic N) is 3. The van der Waals surface area contributed by atoms with Crippen LogP contribution in [-0.4, -0.2) is 90.7 Å². The van der Waals surface area contributed by atoms with Gasteiger partial charge in [0.25, 0.3) is 0 Å². The van der Waals surface area contributed by atoms with Crippen molar-refractivity contribution < 1.29 is 34.5 Å². The van der Waals surface area contributed by atoms with Crippen LogP contribution in [0.4, 0.5) is 17.1 Å².